The van der Waals surface area contributed by atoms with E-state index in [0.717, 1.165) is 68.0 Å². The first-order chi connectivity index (χ1) is 32.4. The Hall–Kier alpha value is -8.12. The highest BCUT2D eigenvalue weighted by Gasteiger charge is 2.51. The predicted molar refractivity (Wildman–Crippen MR) is 272 cm³/mol. The van der Waals surface area contributed by atoms with Gasteiger partial charge >= 0.3 is 0 Å². The molecule has 0 heterocycles. The third-order valence-corrected chi connectivity index (χ3v) is 14.5. The van der Waals surface area contributed by atoms with Gasteiger partial charge in [-0.1, -0.05) is 196 Å². The van der Waals surface area contributed by atoms with Crippen LogP contribution in [0.2, 0.25) is 0 Å². The minimum absolute atomic E-state index is 0.0812. The van der Waals surface area contributed by atoms with Crippen LogP contribution in [0.5, 0.6) is 5.75 Å². The van der Waals surface area contributed by atoms with Crippen LogP contribution in [0.3, 0.4) is 0 Å². The Morgan fingerprint density at radius 3 is 1.91 bits per heavy atom. The highest BCUT2D eigenvalue weighted by molar-refractivity contribution is 5.96. The Labute approximate surface area is 388 Å². The monoisotopic (exact) mass is 845 g/mol. The van der Waals surface area contributed by atoms with Crippen LogP contribution < -0.4 is 4.90 Å². The maximum absolute atomic E-state index is 11.9. The van der Waals surface area contributed by atoms with E-state index in [1.54, 1.807) is 0 Å². The van der Waals surface area contributed by atoms with E-state index in [1.165, 1.54) is 38.9 Å². The summed E-state index contributed by atoms with van der Waals surface area (Å²) in [5.74, 6) is 0.368. The fraction of sp³-hybridized carbons (Fsp3) is 0.0938. The number of phenols is 1. The van der Waals surface area contributed by atoms with Crippen molar-refractivity contribution in [2.75, 3.05) is 4.90 Å². The van der Waals surface area contributed by atoms with Crippen molar-refractivity contribution in [2.45, 2.75) is 31.1 Å². The van der Waals surface area contributed by atoms with Gasteiger partial charge in [-0.25, -0.2) is 0 Å². The second-order valence-electron chi connectivity index (χ2n) is 18.3. The van der Waals surface area contributed by atoms with Gasteiger partial charge in [0, 0.05) is 33.5 Å². The second kappa shape index (κ2) is 15.5. The van der Waals surface area contributed by atoms with Gasteiger partial charge in [0.05, 0.1) is 11.1 Å². The van der Waals surface area contributed by atoms with E-state index < -0.39 is 5.41 Å². The molecule has 0 bridgehead atoms. The molecular formula is C64H47NO. The molecule has 1 N–H and O–H groups in total. The minimum atomic E-state index is -0.621. The molecule has 314 valence electrons. The molecule has 0 fully saturated rings. The summed E-state index contributed by atoms with van der Waals surface area (Å²) in [5.41, 5.74) is 19.8. The number of benzene rings is 8. The van der Waals surface area contributed by atoms with Crippen molar-refractivity contribution in [2.24, 2.45) is 5.92 Å². The van der Waals surface area contributed by atoms with E-state index in [2.05, 4.69) is 243 Å². The molecule has 2 nitrogen and oxygen atoms in total. The lowest BCUT2D eigenvalue weighted by Gasteiger charge is -2.39. The number of rotatable bonds is 8. The SMILES string of the molecule is CC1(C)c2ccccc2-c2ccc(N(c3ccc(-c4ccc(O)c5c4C(c4c#cccc4)(C4C=CC=CC4)c4ccccc4-5)cc3)c3ccc(-c4ccccc4)cc3-c3ccccc3)cc21. The lowest BCUT2D eigenvalue weighted by Crippen LogP contribution is -2.36. The first-order valence-corrected chi connectivity index (χ1v) is 23.0. The van der Waals surface area contributed by atoms with E-state index in [1.807, 2.05) is 12.1 Å². The lowest BCUT2D eigenvalue weighted by molar-refractivity contribution is 0.453. The van der Waals surface area contributed by atoms with Gasteiger partial charge in [0.2, 0.25) is 0 Å². The standard InChI is InChI=1S/C64H47NO/c1-63(2)56-29-17-15-27-52(56)53-37-36-50(42-58(53)63)65(59-39-33-46(43-19-7-3-8-20-43)41-55(59)44-21-9-4-10-22-44)49-34-31-45(32-35-49)51-38-40-60(66)61-54-28-16-18-30-57(54)64(62(51)61,47-23-11-5-12-24-47)48-25-13-6-14-26-48/h3-13,15-23,25,27-42,47,66H,24H2,1-2H3. The molecule has 0 radical (unpaired) electrons. The van der Waals surface area contributed by atoms with E-state index in [9.17, 15) is 5.11 Å². The number of anilines is 3. The number of hydrogen-bond donors (Lipinski definition) is 1. The first kappa shape index (κ1) is 39.5. The Morgan fingerprint density at radius 1 is 0.515 bits per heavy atom. The Kier molecular flexibility index (Phi) is 9.30. The van der Waals surface area contributed by atoms with Gasteiger partial charge in [-0.05, 0) is 134 Å². The van der Waals surface area contributed by atoms with Crippen molar-refractivity contribution in [3.63, 3.8) is 0 Å². The fourth-order valence-corrected chi connectivity index (χ4v) is 11.5. The first-order valence-electron chi connectivity index (χ1n) is 23.0. The van der Waals surface area contributed by atoms with Crippen molar-refractivity contribution < 1.29 is 5.11 Å². The summed E-state index contributed by atoms with van der Waals surface area (Å²) in [6.07, 6.45) is 9.76. The molecule has 0 aromatic heterocycles. The Morgan fingerprint density at radius 2 is 1.17 bits per heavy atom. The average molecular weight is 846 g/mol. The van der Waals surface area contributed by atoms with Crippen LogP contribution in [-0.4, -0.2) is 5.11 Å². The van der Waals surface area contributed by atoms with Gasteiger partial charge in [0.25, 0.3) is 0 Å². The van der Waals surface area contributed by atoms with Crippen molar-refractivity contribution in [3.8, 4) is 61.4 Å². The van der Waals surface area contributed by atoms with Gasteiger partial charge in [-0.15, -0.1) is 0 Å². The lowest BCUT2D eigenvalue weighted by atomic mass is 9.61. The molecule has 0 amide bonds. The van der Waals surface area contributed by atoms with Crippen LogP contribution in [0.25, 0.3) is 55.6 Å². The van der Waals surface area contributed by atoms with Crippen molar-refractivity contribution in [3.05, 3.63) is 264 Å². The molecule has 0 saturated heterocycles. The zero-order chi connectivity index (χ0) is 44.4. The summed E-state index contributed by atoms with van der Waals surface area (Å²) in [4.78, 5) is 2.44. The molecule has 2 atom stereocenters. The number of aromatic hydroxyl groups is 1. The molecule has 0 aliphatic heterocycles. The molecule has 12 rings (SSSR count). The summed E-state index contributed by atoms with van der Waals surface area (Å²) in [6, 6.07) is 79.0. The van der Waals surface area contributed by atoms with Crippen molar-refractivity contribution in [1.82, 2.24) is 0 Å². The number of hydrogen-bond acceptors (Lipinski definition) is 2. The number of allylic oxidation sites excluding steroid dienone is 4. The Balaban J connectivity index is 1.07. The predicted octanol–water partition coefficient (Wildman–Crippen LogP) is 16.2. The summed E-state index contributed by atoms with van der Waals surface area (Å²) < 4.78 is 0. The molecule has 2 heteroatoms. The molecule has 66 heavy (non-hydrogen) atoms. The van der Waals surface area contributed by atoms with Gasteiger partial charge in [0.15, 0.2) is 0 Å². The largest absolute Gasteiger partial charge is 0.507 e. The summed E-state index contributed by atoms with van der Waals surface area (Å²) in [5, 5.41) is 11.9. The molecule has 0 saturated carbocycles. The van der Waals surface area contributed by atoms with E-state index in [-0.39, 0.29) is 17.1 Å². The topological polar surface area (TPSA) is 23.5 Å². The zero-order valence-corrected chi connectivity index (χ0v) is 37.0. The third kappa shape index (κ3) is 6.04. The molecular weight excluding hydrogens is 799 g/mol. The number of phenolic OH excluding ortho intramolecular Hbond substituents is 1. The summed E-state index contributed by atoms with van der Waals surface area (Å²) in [7, 11) is 0. The molecule has 3 aliphatic rings. The second-order valence-corrected chi connectivity index (χ2v) is 18.3. The van der Waals surface area contributed by atoms with Crippen LogP contribution >= 0.6 is 0 Å². The van der Waals surface area contributed by atoms with E-state index in [4.69, 9.17) is 0 Å². The van der Waals surface area contributed by atoms with Crippen LogP contribution in [0.1, 0.15) is 48.1 Å². The molecule has 9 aromatic rings. The molecule has 9 aromatic carbocycles. The highest BCUT2D eigenvalue weighted by Crippen LogP contribution is 2.62. The quantitative estimate of drug-likeness (QED) is 0.165. The molecule has 0 spiro atoms. The molecule has 2 unspecified atom stereocenters. The van der Waals surface area contributed by atoms with Crippen molar-refractivity contribution >= 4 is 17.1 Å². The average Bonchev–Trinajstić information content (AvgIpc) is 3.82. The summed E-state index contributed by atoms with van der Waals surface area (Å²) in [6.45, 7) is 4.70. The van der Waals surface area contributed by atoms with Crippen LogP contribution in [0.15, 0.2) is 224 Å². The smallest absolute Gasteiger partial charge is 0.123 e. The normalized spacial score (nSPS) is 17.0. The number of nitrogens with zero attached hydrogens (tertiary/aromatic N) is 1. The summed E-state index contributed by atoms with van der Waals surface area (Å²) >= 11 is 0. The molecule has 3 aliphatic carbocycles. The van der Waals surface area contributed by atoms with Gasteiger partial charge in [-0.2, -0.15) is 0 Å². The van der Waals surface area contributed by atoms with Crippen LogP contribution in [0, 0.1) is 18.1 Å². The van der Waals surface area contributed by atoms with E-state index >= 15 is 0 Å². The minimum Gasteiger partial charge on any atom is -0.507 e. The van der Waals surface area contributed by atoms with Crippen molar-refractivity contribution in [1.29, 1.82) is 0 Å². The highest BCUT2D eigenvalue weighted by atomic mass is 16.3. The Bertz CT molecular complexity index is 3360. The van der Waals surface area contributed by atoms with Gasteiger partial charge in [-0.3, -0.25) is 0 Å². The van der Waals surface area contributed by atoms with Crippen LogP contribution in [0.4, 0.5) is 17.1 Å². The van der Waals surface area contributed by atoms with Gasteiger partial charge in [0.1, 0.15) is 5.75 Å². The van der Waals surface area contributed by atoms with E-state index in [0.29, 0.717) is 0 Å². The number of fused-ring (bicyclic) bond motifs is 6. The fourth-order valence-electron chi connectivity index (χ4n) is 11.5. The van der Waals surface area contributed by atoms with Crippen LogP contribution in [-0.2, 0) is 10.8 Å². The third-order valence-electron chi connectivity index (χ3n) is 14.5. The maximum atomic E-state index is 11.9. The zero-order valence-electron chi connectivity index (χ0n) is 37.0. The van der Waals surface area contributed by atoms with Gasteiger partial charge < -0.3 is 10.0 Å². The maximum Gasteiger partial charge on any atom is 0.123 e.